The van der Waals surface area contributed by atoms with E-state index in [0.717, 1.165) is 5.56 Å². The third-order valence-corrected chi connectivity index (χ3v) is 7.00. The van der Waals surface area contributed by atoms with Crippen LogP contribution in [0, 0.1) is 0 Å². The molecule has 3 aromatic carbocycles. The molecule has 7 nitrogen and oxygen atoms in total. The molecule has 1 amide bonds. The van der Waals surface area contributed by atoms with E-state index in [0.29, 0.717) is 29.4 Å². The van der Waals surface area contributed by atoms with Crippen molar-refractivity contribution in [2.45, 2.75) is 25.3 Å². The lowest BCUT2D eigenvalue weighted by Gasteiger charge is -2.34. The number of benzene rings is 3. The second-order valence-electron chi connectivity index (χ2n) is 7.61. The summed E-state index contributed by atoms with van der Waals surface area (Å²) in [4.78, 5) is 13.0. The Hall–Kier alpha value is -3.52. The van der Waals surface area contributed by atoms with Crippen LogP contribution in [-0.4, -0.2) is 33.6 Å². The van der Waals surface area contributed by atoms with Gasteiger partial charge >= 0.3 is 0 Å². The van der Waals surface area contributed by atoms with Gasteiger partial charge in [0.05, 0.1) is 24.6 Å². The molecule has 0 saturated heterocycles. The molecule has 0 radical (unpaired) electrons. The molecule has 0 unspecified atom stereocenters. The maximum Gasteiger partial charge on any atom is 0.263 e. The van der Waals surface area contributed by atoms with Gasteiger partial charge in [0, 0.05) is 12.1 Å². The number of hydrogen-bond acceptors (Lipinski definition) is 5. The first-order valence-electron chi connectivity index (χ1n) is 10.8. The second-order valence-corrected chi connectivity index (χ2v) is 9.50. The fraction of sp³-hybridized carbons (Fsp3) is 0.240. The van der Waals surface area contributed by atoms with Crippen molar-refractivity contribution in [1.29, 1.82) is 0 Å². The molecule has 8 heteroatoms. The molecule has 0 spiro atoms. The average Bonchev–Trinajstić information content (AvgIpc) is 2.83. The Morgan fingerprint density at radius 2 is 1.73 bits per heavy atom. The summed E-state index contributed by atoms with van der Waals surface area (Å²) in [5.41, 5.74) is 1.94. The van der Waals surface area contributed by atoms with E-state index in [-0.39, 0.29) is 18.8 Å². The Labute approximate surface area is 194 Å². The molecule has 33 heavy (non-hydrogen) atoms. The highest BCUT2D eigenvalue weighted by atomic mass is 32.2. The number of rotatable bonds is 8. The lowest BCUT2D eigenvalue weighted by atomic mass is 10.2. The predicted molar refractivity (Wildman–Crippen MR) is 127 cm³/mol. The number of ether oxygens (including phenoxy) is 2. The zero-order chi connectivity index (χ0) is 23.3. The quantitative estimate of drug-likeness (QED) is 0.549. The number of hydrogen-bond donors (Lipinski definition) is 1. The third-order valence-electron chi connectivity index (χ3n) is 5.28. The van der Waals surface area contributed by atoms with Crippen LogP contribution in [0.3, 0.4) is 0 Å². The molecule has 1 aliphatic heterocycles. The van der Waals surface area contributed by atoms with Crippen molar-refractivity contribution in [2.24, 2.45) is 0 Å². The molecule has 0 fully saturated rings. The molecule has 3 aromatic rings. The van der Waals surface area contributed by atoms with Gasteiger partial charge in [-0.05, 0) is 30.7 Å². The highest BCUT2D eigenvalue weighted by Crippen LogP contribution is 2.35. The van der Waals surface area contributed by atoms with Crippen molar-refractivity contribution >= 4 is 21.6 Å². The largest absolute Gasteiger partial charge is 0.494 e. The minimum Gasteiger partial charge on any atom is -0.494 e. The lowest BCUT2D eigenvalue weighted by molar-refractivity contribution is -0.127. The van der Waals surface area contributed by atoms with Gasteiger partial charge in [0.25, 0.3) is 5.91 Å². The van der Waals surface area contributed by atoms with Crippen LogP contribution in [0.2, 0.25) is 0 Å². The molecule has 0 aromatic heterocycles. The summed E-state index contributed by atoms with van der Waals surface area (Å²) in [5, 5.41) is 2.85. The van der Waals surface area contributed by atoms with Crippen molar-refractivity contribution in [2.75, 3.05) is 17.5 Å². The van der Waals surface area contributed by atoms with E-state index in [1.165, 1.54) is 4.31 Å². The number of nitrogens with one attached hydrogen (secondary N) is 1. The Morgan fingerprint density at radius 1 is 1.03 bits per heavy atom. The summed E-state index contributed by atoms with van der Waals surface area (Å²) in [6.07, 6.45) is -0.982. The summed E-state index contributed by atoms with van der Waals surface area (Å²) in [7, 11) is -3.74. The summed E-state index contributed by atoms with van der Waals surface area (Å²) >= 11 is 0. The van der Waals surface area contributed by atoms with Crippen molar-refractivity contribution in [3.05, 3.63) is 90.0 Å². The van der Waals surface area contributed by atoms with Gasteiger partial charge in [0.15, 0.2) is 6.10 Å². The van der Waals surface area contributed by atoms with E-state index in [9.17, 15) is 13.2 Å². The van der Waals surface area contributed by atoms with Crippen molar-refractivity contribution < 1.29 is 22.7 Å². The fourth-order valence-corrected chi connectivity index (χ4v) is 5.29. The molecule has 0 saturated carbocycles. The number of carbonyl (C=O) groups excluding carboxylic acids is 1. The van der Waals surface area contributed by atoms with Crippen LogP contribution in [0.25, 0.3) is 0 Å². The van der Waals surface area contributed by atoms with E-state index in [1.54, 1.807) is 48.5 Å². The standard InChI is InChI=1S/C25H26N2O5S/c1-2-31-22-14-8-6-12-20(22)16-26-25(28)24-17-27(21-13-7-9-15-23(21)32-24)33(29,30)18-19-10-4-3-5-11-19/h3-15,24H,2,16-18H2,1H3,(H,26,28)/t24-/m0/s1. The number of para-hydroxylation sites is 3. The van der Waals surface area contributed by atoms with E-state index in [4.69, 9.17) is 9.47 Å². The minimum absolute atomic E-state index is 0.106. The van der Waals surface area contributed by atoms with Gasteiger partial charge < -0.3 is 14.8 Å². The normalized spacial score (nSPS) is 15.3. The minimum atomic E-state index is -3.74. The number of sulfonamides is 1. The average molecular weight is 467 g/mol. The monoisotopic (exact) mass is 466 g/mol. The maximum absolute atomic E-state index is 13.3. The summed E-state index contributed by atoms with van der Waals surface area (Å²) in [6, 6.07) is 23.3. The lowest BCUT2D eigenvalue weighted by Crippen LogP contribution is -2.50. The molecular formula is C25H26N2O5S. The molecule has 0 bridgehead atoms. The highest BCUT2D eigenvalue weighted by Gasteiger charge is 2.36. The van der Waals surface area contributed by atoms with Crippen LogP contribution in [0.4, 0.5) is 5.69 Å². The predicted octanol–water partition coefficient (Wildman–Crippen LogP) is 3.50. The van der Waals surface area contributed by atoms with Gasteiger partial charge in [0.2, 0.25) is 10.0 Å². The Bertz CT molecular complexity index is 1210. The molecule has 1 atom stereocenters. The second kappa shape index (κ2) is 9.95. The number of nitrogens with zero attached hydrogens (tertiary/aromatic N) is 1. The van der Waals surface area contributed by atoms with Crippen LogP contribution in [0.1, 0.15) is 18.1 Å². The smallest absolute Gasteiger partial charge is 0.263 e. The number of amides is 1. The molecule has 1 N–H and O–H groups in total. The first kappa shape index (κ1) is 22.7. The van der Waals surface area contributed by atoms with Gasteiger partial charge in [-0.3, -0.25) is 9.10 Å². The van der Waals surface area contributed by atoms with Crippen molar-refractivity contribution in [3.63, 3.8) is 0 Å². The van der Waals surface area contributed by atoms with Crippen LogP contribution in [-0.2, 0) is 27.1 Å². The summed E-state index contributed by atoms with van der Waals surface area (Å²) in [6.45, 7) is 2.55. The Morgan fingerprint density at radius 3 is 2.52 bits per heavy atom. The fourth-order valence-electron chi connectivity index (χ4n) is 3.71. The Balaban J connectivity index is 1.53. The van der Waals surface area contributed by atoms with Crippen LogP contribution >= 0.6 is 0 Å². The highest BCUT2D eigenvalue weighted by molar-refractivity contribution is 7.92. The van der Waals surface area contributed by atoms with Gasteiger partial charge in [0.1, 0.15) is 11.5 Å². The number of anilines is 1. The van der Waals surface area contributed by atoms with Gasteiger partial charge in [-0.2, -0.15) is 0 Å². The number of carbonyl (C=O) groups is 1. The summed E-state index contributed by atoms with van der Waals surface area (Å²) in [5.74, 6) is 0.492. The maximum atomic E-state index is 13.3. The molecule has 1 heterocycles. The van der Waals surface area contributed by atoms with Gasteiger partial charge in [-0.25, -0.2) is 8.42 Å². The molecule has 172 valence electrons. The Kier molecular flexibility index (Phi) is 6.84. The first-order chi connectivity index (χ1) is 16.0. The number of fused-ring (bicyclic) bond motifs is 1. The van der Waals surface area contributed by atoms with E-state index in [2.05, 4.69) is 5.32 Å². The van der Waals surface area contributed by atoms with Crippen LogP contribution in [0.15, 0.2) is 78.9 Å². The zero-order valence-electron chi connectivity index (χ0n) is 18.3. The van der Waals surface area contributed by atoms with E-state index >= 15 is 0 Å². The van der Waals surface area contributed by atoms with Crippen molar-refractivity contribution in [1.82, 2.24) is 5.32 Å². The van der Waals surface area contributed by atoms with E-state index < -0.39 is 22.0 Å². The molecular weight excluding hydrogens is 440 g/mol. The summed E-state index contributed by atoms with van der Waals surface area (Å²) < 4.78 is 39.4. The van der Waals surface area contributed by atoms with Crippen LogP contribution in [0.5, 0.6) is 11.5 Å². The zero-order valence-corrected chi connectivity index (χ0v) is 19.1. The van der Waals surface area contributed by atoms with Crippen molar-refractivity contribution in [3.8, 4) is 11.5 Å². The molecule has 1 aliphatic rings. The third kappa shape index (κ3) is 5.28. The molecule has 0 aliphatic carbocycles. The van der Waals surface area contributed by atoms with Gasteiger partial charge in [-0.15, -0.1) is 0 Å². The first-order valence-corrected chi connectivity index (χ1v) is 12.4. The van der Waals surface area contributed by atoms with Crippen LogP contribution < -0.4 is 19.1 Å². The van der Waals surface area contributed by atoms with E-state index in [1.807, 2.05) is 37.3 Å². The molecule has 4 rings (SSSR count). The van der Waals surface area contributed by atoms with Gasteiger partial charge in [-0.1, -0.05) is 60.7 Å². The topological polar surface area (TPSA) is 84.9 Å². The SMILES string of the molecule is CCOc1ccccc1CNC(=O)[C@@H]1CN(S(=O)(=O)Cc2ccccc2)c2ccccc2O1.